The molecule has 0 bridgehead atoms. The van der Waals surface area contributed by atoms with E-state index in [2.05, 4.69) is 15.3 Å². The van der Waals surface area contributed by atoms with Crippen LogP contribution in [-0.2, 0) is 6.42 Å². The molecule has 0 aromatic carbocycles. The molecule has 1 saturated carbocycles. The molecule has 1 aliphatic rings. The molecule has 4 nitrogen and oxygen atoms in total. The van der Waals surface area contributed by atoms with Crippen LogP contribution in [0.2, 0.25) is 0 Å². The third-order valence-electron chi connectivity index (χ3n) is 3.26. The number of nitrogens with zero attached hydrogens (tertiary/aromatic N) is 3. The van der Waals surface area contributed by atoms with Gasteiger partial charge in [0.2, 0.25) is 0 Å². The van der Waals surface area contributed by atoms with Gasteiger partial charge < -0.3 is 10.2 Å². The zero-order valence-electron chi connectivity index (χ0n) is 12.4. The molecular formula is C14H21F3N4. The molecule has 1 aromatic heterocycles. The van der Waals surface area contributed by atoms with E-state index in [0.717, 1.165) is 25.8 Å². The van der Waals surface area contributed by atoms with Gasteiger partial charge in [-0.25, -0.2) is 9.97 Å². The van der Waals surface area contributed by atoms with Crippen molar-refractivity contribution in [3.63, 3.8) is 0 Å². The van der Waals surface area contributed by atoms with Gasteiger partial charge in [-0.05, 0) is 19.3 Å². The SMILES string of the molecule is CCCNc1cc(N(CC(F)(F)F)C2CC2)nc(CC)n1. The minimum absolute atomic E-state index is 0.0507. The summed E-state index contributed by atoms with van der Waals surface area (Å²) in [7, 11) is 0. The number of nitrogens with one attached hydrogen (secondary N) is 1. The van der Waals surface area contributed by atoms with Crippen molar-refractivity contribution in [2.24, 2.45) is 0 Å². The quantitative estimate of drug-likeness (QED) is 0.838. The molecule has 1 fully saturated rings. The van der Waals surface area contributed by atoms with Crippen LogP contribution in [0.1, 0.15) is 38.9 Å². The molecule has 0 radical (unpaired) electrons. The third kappa shape index (κ3) is 4.75. The molecule has 0 aliphatic heterocycles. The number of aromatic nitrogens is 2. The standard InChI is InChI=1S/C14H21F3N4/c1-3-7-18-12-8-13(20-11(4-2)19-12)21(10-5-6-10)9-14(15,16)17/h8,10H,3-7,9H2,1-2H3,(H,18,19,20). The first kappa shape index (κ1) is 15.9. The Balaban J connectivity index is 2.25. The van der Waals surface area contributed by atoms with Crippen molar-refractivity contribution in [1.82, 2.24) is 9.97 Å². The van der Waals surface area contributed by atoms with Gasteiger partial charge in [0.1, 0.15) is 24.0 Å². The Kier molecular flexibility index (Phi) is 4.90. The maximum absolute atomic E-state index is 12.8. The van der Waals surface area contributed by atoms with Crippen LogP contribution in [0.3, 0.4) is 0 Å². The number of alkyl halides is 3. The van der Waals surface area contributed by atoms with Crippen LogP contribution >= 0.6 is 0 Å². The van der Waals surface area contributed by atoms with Gasteiger partial charge in [0, 0.05) is 25.1 Å². The molecule has 7 heteroatoms. The summed E-state index contributed by atoms with van der Waals surface area (Å²) in [4.78, 5) is 9.96. The fraction of sp³-hybridized carbons (Fsp3) is 0.714. The van der Waals surface area contributed by atoms with Crippen molar-refractivity contribution in [3.05, 3.63) is 11.9 Å². The largest absolute Gasteiger partial charge is 0.405 e. The first-order valence-corrected chi connectivity index (χ1v) is 7.38. The number of anilines is 2. The van der Waals surface area contributed by atoms with Crippen LogP contribution in [-0.4, -0.2) is 35.3 Å². The van der Waals surface area contributed by atoms with Gasteiger partial charge in [-0.3, -0.25) is 0 Å². The Hall–Kier alpha value is -1.53. The maximum atomic E-state index is 12.8. The smallest absolute Gasteiger partial charge is 0.370 e. The predicted octanol–water partition coefficient (Wildman–Crippen LogP) is 3.39. The number of hydrogen-bond acceptors (Lipinski definition) is 4. The summed E-state index contributed by atoms with van der Waals surface area (Å²) in [5, 5.41) is 3.13. The molecule has 1 aliphatic carbocycles. The van der Waals surface area contributed by atoms with E-state index in [0.29, 0.717) is 23.9 Å². The molecule has 0 spiro atoms. The maximum Gasteiger partial charge on any atom is 0.405 e. The fourth-order valence-electron chi connectivity index (χ4n) is 2.11. The van der Waals surface area contributed by atoms with Crippen LogP contribution in [0, 0.1) is 0 Å². The summed E-state index contributed by atoms with van der Waals surface area (Å²) in [6, 6.07) is 1.57. The van der Waals surface area contributed by atoms with Gasteiger partial charge >= 0.3 is 6.18 Å². The number of rotatable bonds is 7. The molecule has 2 rings (SSSR count). The number of hydrogen-bond donors (Lipinski definition) is 1. The highest BCUT2D eigenvalue weighted by atomic mass is 19.4. The number of halogens is 3. The lowest BCUT2D eigenvalue weighted by Gasteiger charge is -2.25. The van der Waals surface area contributed by atoms with Crippen molar-refractivity contribution >= 4 is 11.6 Å². The average molecular weight is 302 g/mol. The molecule has 0 amide bonds. The second kappa shape index (κ2) is 6.49. The minimum atomic E-state index is -4.23. The van der Waals surface area contributed by atoms with Crippen molar-refractivity contribution in [2.75, 3.05) is 23.3 Å². The third-order valence-corrected chi connectivity index (χ3v) is 3.26. The topological polar surface area (TPSA) is 41.0 Å². The second-order valence-corrected chi connectivity index (χ2v) is 5.28. The van der Waals surface area contributed by atoms with E-state index in [9.17, 15) is 13.2 Å². The summed E-state index contributed by atoms with van der Waals surface area (Å²) in [5.74, 6) is 1.55. The van der Waals surface area contributed by atoms with Crippen molar-refractivity contribution < 1.29 is 13.2 Å². The fourth-order valence-corrected chi connectivity index (χ4v) is 2.11. The molecule has 1 N–H and O–H groups in total. The van der Waals surface area contributed by atoms with Crippen LogP contribution in [0.25, 0.3) is 0 Å². The zero-order chi connectivity index (χ0) is 15.5. The lowest BCUT2D eigenvalue weighted by atomic mass is 10.3. The second-order valence-electron chi connectivity index (χ2n) is 5.28. The molecule has 0 atom stereocenters. The monoisotopic (exact) mass is 302 g/mol. The lowest BCUT2D eigenvalue weighted by molar-refractivity contribution is -0.120. The van der Waals surface area contributed by atoms with Crippen molar-refractivity contribution in [2.45, 2.75) is 51.7 Å². The van der Waals surface area contributed by atoms with Gasteiger partial charge in [0.15, 0.2) is 0 Å². The van der Waals surface area contributed by atoms with E-state index in [1.54, 1.807) is 6.07 Å². The predicted molar refractivity (Wildman–Crippen MR) is 76.6 cm³/mol. The number of aryl methyl sites for hydroxylation is 1. The summed E-state index contributed by atoms with van der Waals surface area (Å²) in [6.07, 6.45) is -1.12. The Bertz CT molecular complexity index is 472. The summed E-state index contributed by atoms with van der Waals surface area (Å²) >= 11 is 0. The van der Waals surface area contributed by atoms with E-state index >= 15 is 0 Å². The first-order chi connectivity index (χ1) is 9.93. The average Bonchev–Trinajstić information content (AvgIpc) is 3.25. The molecule has 118 valence electrons. The Morgan fingerprint density at radius 1 is 1.29 bits per heavy atom. The Labute approximate surface area is 122 Å². The van der Waals surface area contributed by atoms with E-state index in [1.165, 1.54) is 4.90 Å². The van der Waals surface area contributed by atoms with Crippen LogP contribution in [0.15, 0.2) is 6.07 Å². The van der Waals surface area contributed by atoms with Gasteiger partial charge in [-0.15, -0.1) is 0 Å². The molecule has 0 saturated heterocycles. The summed E-state index contributed by atoms with van der Waals surface area (Å²) in [6.45, 7) is 3.71. The zero-order valence-corrected chi connectivity index (χ0v) is 12.4. The van der Waals surface area contributed by atoms with Gasteiger partial charge in [0.25, 0.3) is 0 Å². The van der Waals surface area contributed by atoms with E-state index in [4.69, 9.17) is 0 Å². The Morgan fingerprint density at radius 2 is 2.00 bits per heavy atom. The molecule has 0 unspecified atom stereocenters. The van der Waals surface area contributed by atoms with Gasteiger partial charge in [-0.1, -0.05) is 13.8 Å². The normalized spacial score (nSPS) is 15.1. The van der Waals surface area contributed by atoms with Crippen LogP contribution < -0.4 is 10.2 Å². The summed E-state index contributed by atoms with van der Waals surface area (Å²) in [5.41, 5.74) is 0. The first-order valence-electron chi connectivity index (χ1n) is 7.38. The van der Waals surface area contributed by atoms with E-state index < -0.39 is 12.7 Å². The van der Waals surface area contributed by atoms with E-state index in [1.807, 2.05) is 13.8 Å². The van der Waals surface area contributed by atoms with E-state index in [-0.39, 0.29) is 6.04 Å². The van der Waals surface area contributed by atoms with Crippen molar-refractivity contribution in [3.8, 4) is 0 Å². The Morgan fingerprint density at radius 3 is 2.52 bits per heavy atom. The summed E-state index contributed by atoms with van der Waals surface area (Å²) < 4.78 is 38.3. The molecule has 1 aromatic rings. The van der Waals surface area contributed by atoms with Gasteiger partial charge in [-0.2, -0.15) is 13.2 Å². The molecule has 21 heavy (non-hydrogen) atoms. The minimum Gasteiger partial charge on any atom is -0.370 e. The highest BCUT2D eigenvalue weighted by molar-refractivity contribution is 5.51. The molecule has 1 heterocycles. The highest BCUT2D eigenvalue weighted by Gasteiger charge is 2.39. The van der Waals surface area contributed by atoms with Gasteiger partial charge in [0.05, 0.1) is 0 Å². The van der Waals surface area contributed by atoms with Crippen LogP contribution in [0.5, 0.6) is 0 Å². The molecular weight excluding hydrogens is 281 g/mol. The van der Waals surface area contributed by atoms with Crippen molar-refractivity contribution in [1.29, 1.82) is 0 Å². The van der Waals surface area contributed by atoms with Crippen LogP contribution in [0.4, 0.5) is 24.8 Å². The lowest BCUT2D eigenvalue weighted by Crippen LogP contribution is -2.36. The highest BCUT2D eigenvalue weighted by Crippen LogP contribution is 2.34.